The van der Waals surface area contributed by atoms with Gasteiger partial charge < -0.3 is 25.7 Å². The lowest BCUT2D eigenvalue weighted by atomic mass is 9.77. The number of aromatic amines is 1. The number of aromatic nitrogens is 3. The first-order chi connectivity index (χ1) is 15.0. The van der Waals surface area contributed by atoms with Gasteiger partial charge in [0.05, 0.1) is 23.5 Å². The molecule has 0 bridgehead atoms. The monoisotopic (exact) mass is 422 g/mol. The van der Waals surface area contributed by atoms with Gasteiger partial charge in [-0.25, -0.2) is 14.8 Å². The van der Waals surface area contributed by atoms with E-state index in [4.69, 9.17) is 10.5 Å². The quantitative estimate of drug-likeness (QED) is 0.538. The van der Waals surface area contributed by atoms with Gasteiger partial charge in [-0.05, 0) is 43.5 Å². The third-order valence-corrected chi connectivity index (χ3v) is 6.08. The maximum atomic E-state index is 13.2. The Morgan fingerprint density at radius 2 is 2.06 bits per heavy atom. The third kappa shape index (κ3) is 3.84. The molecule has 3 aromatic rings. The number of nitrogens with two attached hydrogens (primary N) is 1. The van der Waals surface area contributed by atoms with Crippen LogP contribution in [0.15, 0.2) is 36.8 Å². The molecule has 0 unspecified atom stereocenters. The van der Waals surface area contributed by atoms with Gasteiger partial charge in [-0.1, -0.05) is 6.07 Å². The smallest absolute Gasteiger partial charge is 0.337 e. The molecule has 9 heteroatoms. The first kappa shape index (κ1) is 20.8. The summed E-state index contributed by atoms with van der Waals surface area (Å²) in [4.78, 5) is 39.1. The van der Waals surface area contributed by atoms with Crippen LogP contribution in [0.2, 0.25) is 0 Å². The molecule has 0 aliphatic carbocycles. The van der Waals surface area contributed by atoms with Gasteiger partial charge in [-0.15, -0.1) is 0 Å². The number of benzene rings is 1. The minimum absolute atomic E-state index is 0.137. The molecule has 3 heterocycles. The normalized spacial score (nSPS) is 15.6. The fourth-order valence-corrected chi connectivity index (χ4v) is 4.11. The highest BCUT2D eigenvalue weighted by Crippen LogP contribution is 2.36. The van der Waals surface area contributed by atoms with Crippen molar-refractivity contribution in [2.45, 2.75) is 19.8 Å². The average molecular weight is 422 g/mol. The number of amides is 1. The molecule has 0 atom stereocenters. The van der Waals surface area contributed by atoms with Gasteiger partial charge in [-0.3, -0.25) is 4.79 Å². The van der Waals surface area contributed by atoms with E-state index in [1.165, 1.54) is 7.11 Å². The van der Waals surface area contributed by atoms with Crippen LogP contribution in [-0.2, 0) is 9.53 Å². The number of piperidine rings is 1. The molecule has 162 valence electrons. The van der Waals surface area contributed by atoms with Crippen LogP contribution in [0.5, 0.6) is 0 Å². The van der Waals surface area contributed by atoms with Crippen LogP contribution in [-0.4, -0.2) is 53.6 Å². The van der Waals surface area contributed by atoms with E-state index in [1.54, 1.807) is 30.6 Å². The van der Waals surface area contributed by atoms with E-state index in [0.29, 0.717) is 37.2 Å². The molecule has 1 aliphatic heterocycles. The van der Waals surface area contributed by atoms with Crippen LogP contribution in [0.1, 0.15) is 28.8 Å². The Kier molecular flexibility index (Phi) is 5.60. The highest BCUT2D eigenvalue weighted by atomic mass is 16.5. The summed E-state index contributed by atoms with van der Waals surface area (Å²) in [5.74, 6) is 0.289. The number of hydrogen-bond acceptors (Lipinski definition) is 7. The molecule has 1 saturated heterocycles. The number of aryl methyl sites for hydroxylation is 1. The SMILES string of the molecule is COC(=O)c1cccc(NC(=O)C2(CN)CCN(c3ncnc4[nH]cc(C)c34)CC2)c1. The van der Waals surface area contributed by atoms with Crippen molar-refractivity contribution in [3.8, 4) is 0 Å². The number of nitrogens with one attached hydrogen (secondary N) is 2. The molecular weight excluding hydrogens is 396 g/mol. The van der Waals surface area contributed by atoms with E-state index in [1.807, 2.05) is 13.1 Å². The van der Waals surface area contributed by atoms with Gasteiger partial charge in [0.25, 0.3) is 0 Å². The Labute approximate surface area is 180 Å². The summed E-state index contributed by atoms with van der Waals surface area (Å²) in [5.41, 5.74) is 8.23. The number of rotatable bonds is 5. The van der Waals surface area contributed by atoms with Gasteiger partial charge >= 0.3 is 5.97 Å². The second-order valence-electron chi connectivity index (χ2n) is 7.89. The maximum absolute atomic E-state index is 13.2. The van der Waals surface area contributed by atoms with Crippen molar-refractivity contribution in [2.75, 3.05) is 37.0 Å². The molecule has 4 rings (SSSR count). The highest BCUT2D eigenvalue weighted by Gasteiger charge is 2.41. The van der Waals surface area contributed by atoms with E-state index in [2.05, 4.69) is 25.2 Å². The fourth-order valence-electron chi connectivity index (χ4n) is 4.11. The first-order valence-electron chi connectivity index (χ1n) is 10.2. The van der Waals surface area contributed by atoms with E-state index in [-0.39, 0.29) is 12.5 Å². The van der Waals surface area contributed by atoms with Crippen molar-refractivity contribution < 1.29 is 14.3 Å². The Balaban J connectivity index is 1.50. The summed E-state index contributed by atoms with van der Waals surface area (Å²) in [6.07, 6.45) is 4.67. The zero-order valence-corrected chi connectivity index (χ0v) is 17.6. The molecule has 1 amide bonds. The van der Waals surface area contributed by atoms with Crippen LogP contribution < -0.4 is 16.0 Å². The maximum Gasteiger partial charge on any atom is 0.337 e. The molecule has 31 heavy (non-hydrogen) atoms. The van der Waals surface area contributed by atoms with Crippen LogP contribution >= 0.6 is 0 Å². The molecule has 0 radical (unpaired) electrons. The van der Waals surface area contributed by atoms with Crippen molar-refractivity contribution in [1.29, 1.82) is 0 Å². The predicted molar refractivity (Wildman–Crippen MR) is 118 cm³/mol. The molecule has 9 nitrogen and oxygen atoms in total. The Morgan fingerprint density at radius 1 is 1.29 bits per heavy atom. The molecule has 4 N–H and O–H groups in total. The van der Waals surface area contributed by atoms with E-state index in [9.17, 15) is 9.59 Å². The second-order valence-corrected chi connectivity index (χ2v) is 7.89. The standard InChI is InChI=1S/C22H26N6O3/c1-14-11-24-18-17(14)19(26-13-25-18)28-8-6-22(12-23,7-9-28)21(30)27-16-5-3-4-15(10-16)20(29)31-2/h3-5,10-11,13H,6-9,12,23H2,1-2H3,(H,27,30)(H,24,25,26). The minimum atomic E-state index is -0.683. The number of esters is 1. The van der Waals surface area contributed by atoms with Crippen LogP contribution in [0.4, 0.5) is 11.5 Å². The molecule has 1 aliphatic rings. The lowest BCUT2D eigenvalue weighted by Gasteiger charge is -2.40. The van der Waals surface area contributed by atoms with Crippen LogP contribution in [0.25, 0.3) is 11.0 Å². The van der Waals surface area contributed by atoms with E-state index < -0.39 is 11.4 Å². The number of carbonyl (C=O) groups excluding carboxylic acids is 2. The number of carbonyl (C=O) groups is 2. The topological polar surface area (TPSA) is 126 Å². The van der Waals surface area contributed by atoms with Crippen molar-refractivity contribution in [2.24, 2.45) is 11.1 Å². The molecule has 0 spiro atoms. The Morgan fingerprint density at radius 3 is 2.77 bits per heavy atom. The molecule has 0 saturated carbocycles. The molecule has 1 aromatic carbocycles. The average Bonchev–Trinajstić information content (AvgIpc) is 3.19. The number of ether oxygens (including phenoxy) is 1. The number of nitrogens with zero attached hydrogens (tertiary/aromatic N) is 3. The Bertz CT molecular complexity index is 1120. The number of hydrogen-bond donors (Lipinski definition) is 3. The second kappa shape index (κ2) is 8.35. The largest absolute Gasteiger partial charge is 0.465 e. The van der Waals surface area contributed by atoms with Gasteiger partial charge in [0.2, 0.25) is 5.91 Å². The minimum Gasteiger partial charge on any atom is -0.465 e. The number of methoxy groups -OCH3 is 1. The summed E-state index contributed by atoms with van der Waals surface area (Å²) in [6.45, 7) is 3.58. The Hall–Kier alpha value is -3.46. The van der Waals surface area contributed by atoms with Crippen molar-refractivity contribution in [3.63, 3.8) is 0 Å². The van der Waals surface area contributed by atoms with E-state index in [0.717, 1.165) is 22.4 Å². The lowest BCUT2D eigenvalue weighted by Crippen LogP contribution is -2.50. The summed E-state index contributed by atoms with van der Waals surface area (Å²) in [7, 11) is 1.32. The van der Waals surface area contributed by atoms with Crippen molar-refractivity contribution in [1.82, 2.24) is 15.0 Å². The highest BCUT2D eigenvalue weighted by molar-refractivity contribution is 5.98. The summed E-state index contributed by atoms with van der Waals surface area (Å²) >= 11 is 0. The van der Waals surface area contributed by atoms with E-state index >= 15 is 0 Å². The zero-order valence-electron chi connectivity index (χ0n) is 17.6. The van der Waals surface area contributed by atoms with Gasteiger partial charge in [-0.2, -0.15) is 0 Å². The lowest BCUT2D eigenvalue weighted by molar-refractivity contribution is -0.126. The summed E-state index contributed by atoms with van der Waals surface area (Å²) in [6, 6.07) is 6.70. The predicted octanol–water partition coefficient (Wildman–Crippen LogP) is 2.24. The summed E-state index contributed by atoms with van der Waals surface area (Å²) < 4.78 is 4.75. The molecule has 1 fully saturated rings. The van der Waals surface area contributed by atoms with Crippen molar-refractivity contribution >= 4 is 34.4 Å². The zero-order chi connectivity index (χ0) is 22.0. The molecule has 2 aromatic heterocycles. The number of anilines is 2. The van der Waals surface area contributed by atoms with Crippen molar-refractivity contribution in [3.05, 3.63) is 47.9 Å². The number of fused-ring (bicyclic) bond motifs is 1. The van der Waals surface area contributed by atoms with Crippen LogP contribution in [0.3, 0.4) is 0 Å². The van der Waals surface area contributed by atoms with Gasteiger partial charge in [0, 0.05) is 31.5 Å². The summed E-state index contributed by atoms with van der Waals surface area (Å²) in [5, 5.41) is 3.94. The van der Waals surface area contributed by atoms with Crippen LogP contribution in [0, 0.1) is 12.3 Å². The molecular formula is C22H26N6O3. The fraction of sp³-hybridized carbons (Fsp3) is 0.364. The third-order valence-electron chi connectivity index (χ3n) is 6.08. The van der Waals surface area contributed by atoms with Gasteiger partial charge in [0.15, 0.2) is 0 Å². The van der Waals surface area contributed by atoms with Gasteiger partial charge in [0.1, 0.15) is 17.8 Å². The first-order valence-corrected chi connectivity index (χ1v) is 10.2. The number of H-pyrrole nitrogens is 1.